The van der Waals surface area contributed by atoms with E-state index in [1.165, 1.54) is 35.2 Å². The zero-order valence-corrected chi connectivity index (χ0v) is 13.3. The smallest absolute Gasteiger partial charge is 0.262 e. The zero-order valence-electron chi connectivity index (χ0n) is 11.6. The van der Waals surface area contributed by atoms with Gasteiger partial charge < -0.3 is 9.67 Å². The average molecular weight is 325 g/mol. The van der Waals surface area contributed by atoms with Gasteiger partial charge in [0, 0.05) is 42.7 Å². The van der Waals surface area contributed by atoms with Crippen LogP contribution >= 0.6 is 11.3 Å². The zero-order chi connectivity index (χ0) is 15.5. The molecule has 0 atom stereocenters. The highest BCUT2D eigenvalue weighted by Crippen LogP contribution is 2.19. The minimum absolute atomic E-state index is 0.0318. The van der Waals surface area contributed by atoms with Gasteiger partial charge in [0.2, 0.25) is 0 Å². The molecule has 2 rings (SSSR count). The van der Waals surface area contributed by atoms with Crippen molar-refractivity contribution in [1.29, 1.82) is 0 Å². The van der Waals surface area contributed by atoms with E-state index in [0.717, 1.165) is 10.4 Å². The standard InChI is InChI=1S/C13H15N3O3S2/c1-15-8-13(14-10-15)21(18,19)16(2)7-12-6-11(9-20-12)4-3-5-17/h6,8-10,17H,5,7H2,1-2H3. The third kappa shape index (κ3) is 3.71. The molecule has 0 spiro atoms. The first kappa shape index (κ1) is 15.7. The van der Waals surface area contributed by atoms with Crippen LogP contribution in [-0.2, 0) is 23.6 Å². The Morgan fingerprint density at radius 1 is 1.52 bits per heavy atom. The van der Waals surface area contributed by atoms with E-state index in [-0.39, 0.29) is 18.2 Å². The molecule has 6 nitrogen and oxygen atoms in total. The molecule has 21 heavy (non-hydrogen) atoms. The second kappa shape index (κ2) is 6.41. The van der Waals surface area contributed by atoms with E-state index in [9.17, 15) is 8.42 Å². The largest absolute Gasteiger partial charge is 0.384 e. The molecule has 0 aliphatic carbocycles. The van der Waals surface area contributed by atoms with Gasteiger partial charge in [-0.3, -0.25) is 0 Å². The van der Waals surface area contributed by atoms with Crippen LogP contribution in [0.5, 0.6) is 0 Å². The van der Waals surface area contributed by atoms with Gasteiger partial charge >= 0.3 is 0 Å². The maximum absolute atomic E-state index is 12.3. The SMILES string of the molecule is CN(Cc1cc(C#CCO)cs1)S(=O)(=O)c1cn(C)cn1. The summed E-state index contributed by atoms with van der Waals surface area (Å²) in [6.07, 6.45) is 2.92. The van der Waals surface area contributed by atoms with Gasteiger partial charge in [0.1, 0.15) is 6.61 Å². The van der Waals surface area contributed by atoms with Crippen molar-refractivity contribution in [1.82, 2.24) is 13.9 Å². The molecule has 0 fully saturated rings. The molecule has 0 saturated heterocycles. The molecule has 0 saturated carbocycles. The van der Waals surface area contributed by atoms with E-state index in [2.05, 4.69) is 16.8 Å². The molecule has 0 bridgehead atoms. The number of hydrogen-bond acceptors (Lipinski definition) is 5. The number of imidazole rings is 1. The van der Waals surface area contributed by atoms with Crippen LogP contribution in [0.3, 0.4) is 0 Å². The second-order valence-electron chi connectivity index (χ2n) is 4.40. The van der Waals surface area contributed by atoms with Crippen molar-refractivity contribution in [3.63, 3.8) is 0 Å². The molecule has 0 amide bonds. The fraction of sp³-hybridized carbons (Fsp3) is 0.308. The predicted molar refractivity (Wildman–Crippen MR) is 80.1 cm³/mol. The number of aromatic nitrogens is 2. The van der Waals surface area contributed by atoms with E-state index in [1.807, 2.05) is 11.4 Å². The average Bonchev–Trinajstić information content (AvgIpc) is 3.05. The fourth-order valence-electron chi connectivity index (χ4n) is 1.66. The summed E-state index contributed by atoms with van der Waals surface area (Å²) in [5.74, 6) is 5.35. The molecule has 1 N–H and O–H groups in total. The lowest BCUT2D eigenvalue weighted by Crippen LogP contribution is -2.26. The lowest BCUT2D eigenvalue weighted by atomic mass is 10.3. The molecule has 0 aromatic carbocycles. The van der Waals surface area contributed by atoms with Gasteiger partial charge in [0.15, 0.2) is 5.03 Å². The van der Waals surface area contributed by atoms with Crippen LogP contribution in [0.4, 0.5) is 0 Å². The van der Waals surface area contributed by atoms with Crippen LogP contribution in [0.15, 0.2) is 29.0 Å². The van der Waals surface area contributed by atoms with Crippen molar-refractivity contribution < 1.29 is 13.5 Å². The number of hydrogen-bond donors (Lipinski definition) is 1. The molecule has 0 unspecified atom stereocenters. The molecular formula is C13H15N3O3S2. The van der Waals surface area contributed by atoms with Crippen LogP contribution in [0.1, 0.15) is 10.4 Å². The number of aryl methyl sites for hydroxylation is 1. The monoisotopic (exact) mass is 325 g/mol. The summed E-state index contributed by atoms with van der Waals surface area (Å²) in [4.78, 5) is 4.76. The predicted octanol–water partition coefficient (Wildman–Crippen LogP) is 0.646. The van der Waals surface area contributed by atoms with Crippen molar-refractivity contribution in [2.75, 3.05) is 13.7 Å². The fourth-order valence-corrected chi connectivity index (χ4v) is 3.72. The van der Waals surface area contributed by atoms with E-state index in [1.54, 1.807) is 11.6 Å². The number of aliphatic hydroxyl groups excluding tert-OH is 1. The van der Waals surface area contributed by atoms with Crippen LogP contribution in [-0.4, -0.2) is 41.0 Å². The van der Waals surface area contributed by atoms with Gasteiger partial charge in [-0.25, -0.2) is 13.4 Å². The molecule has 0 aliphatic heterocycles. The number of thiophene rings is 1. The Kier molecular flexibility index (Phi) is 4.80. The first-order valence-corrected chi connectivity index (χ1v) is 8.37. The molecular weight excluding hydrogens is 310 g/mol. The maximum Gasteiger partial charge on any atom is 0.262 e. The summed E-state index contributed by atoms with van der Waals surface area (Å²) in [6.45, 7) is 0.0590. The molecule has 2 aromatic heterocycles. The van der Waals surface area contributed by atoms with Gasteiger partial charge in [-0.1, -0.05) is 11.8 Å². The Hall–Kier alpha value is -1.66. The highest BCUT2D eigenvalue weighted by molar-refractivity contribution is 7.89. The van der Waals surface area contributed by atoms with Gasteiger partial charge in [0.25, 0.3) is 10.0 Å². The first-order valence-electron chi connectivity index (χ1n) is 6.05. The third-order valence-corrected chi connectivity index (χ3v) is 5.31. The molecule has 0 aliphatic rings. The molecule has 112 valence electrons. The van der Waals surface area contributed by atoms with Crippen molar-refractivity contribution in [2.45, 2.75) is 11.6 Å². The summed E-state index contributed by atoms with van der Waals surface area (Å²) in [7, 11) is -0.356. The Morgan fingerprint density at radius 2 is 2.29 bits per heavy atom. The third-order valence-electron chi connectivity index (χ3n) is 2.70. The lowest BCUT2D eigenvalue weighted by Gasteiger charge is -2.14. The van der Waals surface area contributed by atoms with Gasteiger partial charge in [-0.05, 0) is 6.07 Å². The molecule has 2 heterocycles. The summed E-state index contributed by atoms with van der Waals surface area (Å²) < 4.78 is 27.5. The summed E-state index contributed by atoms with van der Waals surface area (Å²) in [6, 6.07) is 1.82. The van der Waals surface area contributed by atoms with Crippen molar-refractivity contribution in [2.24, 2.45) is 7.05 Å². The highest BCUT2D eigenvalue weighted by atomic mass is 32.2. The minimum atomic E-state index is -3.59. The van der Waals surface area contributed by atoms with Crippen molar-refractivity contribution >= 4 is 21.4 Å². The molecule has 0 radical (unpaired) electrons. The Morgan fingerprint density at radius 3 is 2.90 bits per heavy atom. The summed E-state index contributed by atoms with van der Waals surface area (Å²) >= 11 is 1.43. The van der Waals surface area contributed by atoms with Crippen molar-refractivity contribution in [3.05, 3.63) is 34.4 Å². The molecule has 8 heteroatoms. The highest BCUT2D eigenvalue weighted by Gasteiger charge is 2.23. The topological polar surface area (TPSA) is 75.4 Å². The molecule has 2 aromatic rings. The van der Waals surface area contributed by atoms with Gasteiger partial charge in [-0.15, -0.1) is 11.3 Å². The maximum atomic E-state index is 12.3. The van der Waals surface area contributed by atoms with E-state index in [0.29, 0.717) is 0 Å². The van der Waals surface area contributed by atoms with Crippen LogP contribution < -0.4 is 0 Å². The summed E-state index contributed by atoms with van der Waals surface area (Å²) in [5, 5.41) is 10.5. The van der Waals surface area contributed by atoms with E-state index in [4.69, 9.17) is 5.11 Å². The minimum Gasteiger partial charge on any atom is -0.384 e. The first-order chi connectivity index (χ1) is 9.93. The second-order valence-corrected chi connectivity index (χ2v) is 7.39. The lowest BCUT2D eigenvalue weighted by molar-refractivity contribution is 0.350. The van der Waals surface area contributed by atoms with Crippen LogP contribution in [0.2, 0.25) is 0 Å². The number of rotatable bonds is 4. The van der Waals surface area contributed by atoms with E-state index < -0.39 is 10.0 Å². The summed E-state index contributed by atoms with van der Waals surface area (Å²) in [5.41, 5.74) is 0.771. The van der Waals surface area contributed by atoms with Crippen LogP contribution in [0, 0.1) is 11.8 Å². The Labute approximate surface area is 127 Å². The Balaban J connectivity index is 2.14. The van der Waals surface area contributed by atoms with Crippen LogP contribution in [0.25, 0.3) is 0 Å². The Bertz CT molecular complexity index is 781. The number of nitrogens with zero attached hydrogens (tertiary/aromatic N) is 3. The van der Waals surface area contributed by atoms with Crippen molar-refractivity contribution in [3.8, 4) is 11.8 Å². The van der Waals surface area contributed by atoms with Gasteiger partial charge in [0.05, 0.1) is 6.33 Å². The quantitative estimate of drug-likeness (QED) is 0.838. The number of sulfonamides is 1. The van der Waals surface area contributed by atoms with Gasteiger partial charge in [-0.2, -0.15) is 4.31 Å². The number of aliphatic hydroxyl groups is 1. The van der Waals surface area contributed by atoms with E-state index >= 15 is 0 Å². The normalized spacial score (nSPS) is 11.4.